The number of allylic oxidation sites excluding steroid dienone is 2. The van der Waals surface area contributed by atoms with E-state index >= 15 is 0 Å². The third-order valence-electron chi connectivity index (χ3n) is 2.92. The number of rotatable bonds is 2. The van der Waals surface area contributed by atoms with Crippen molar-refractivity contribution in [2.45, 2.75) is 0 Å². The molecule has 0 aromatic heterocycles. The zero-order chi connectivity index (χ0) is 12.4. The van der Waals surface area contributed by atoms with E-state index in [4.69, 9.17) is 0 Å². The van der Waals surface area contributed by atoms with Crippen molar-refractivity contribution in [3.63, 3.8) is 0 Å². The molecule has 2 aromatic carbocycles. The second-order valence-electron chi connectivity index (χ2n) is 4.08. The quantitative estimate of drug-likeness (QED) is 0.794. The minimum atomic E-state index is -1.04. The zero-order valence-electron chi connectivity index (χ0n) is 9.74. The molecular weight excluding hydrogens is 240 g/mol. The lowest BCUT2D eigenvalue weighted by Gasteiger charge is -2.06. The summed E-state index contributed by atoms with van der Waals surface area (Å²) in [6, 6.07) is 20.0. The first-order valence-corrected chi connectivity index (χ1v) is 7.01. The molecule has 0 amide bonds. The molecule has 1 aliphatic heterocycles. The van der Waals surface area contributed by atoms with Crippen LogP contribution in [0.2, 0.25) is 0 Å². The molecule has 1 atom stereocenters. The van der Waals surface area contributed by atoms with Gasteiger partial charge in [-0.05, 0) is 22.8 Å². The fourth-order valence-electron chi connectivity index (χ4n) is 2.09. The van der Waals surface area contributed by atoms with Crippen LogP contribution in [0.1, 0.15) is 11.1 Å². The number of hydrogen-bond donors (Lipinski definition) is 0. The van der Waals surface area contributed by atoms with Crippen LogP contribution in [-0.4, -0.2) is 4.21 Å². The smallest absolute Gasteiger partial charge is 0.0788 e. The first kappa shape index (κ1) is 11.2. The second kappa shape index (κ2) is 4.75. The van der Waals surface area contributed by atoms with Crippen molar-refractivity contribution in [1.82, 2.24) is 0 Å². The first-order valence-electron chi connectivity index (χ1n) is 5.80. The molecule has 1 heterocycles. The molecule has 0 N–H and O–H groups in total. The lowest BCUT2D eigenvalue weighted by atomic mass is 10.0. The van der Waals surface area contributed by atoms with Crippen LogP contribution in [0.4, 0.5) is 0 Å². The highest BCUT2D eigenvalue weighted by molar-refractivity contribution is 7.98. The molecule has 0 saturated carbocycles. The minimum absolute atomic E-state index is 0.904. The molecule has 0 saturated heterocycles. The summed E-state index contributed by atoms with van der Waals surface area (Å²) in [7, 11) is -1.04. The summed E-state index contributed by atoms with van der Waals surface area (Å²) in [5.41, 5.74) is 3.19. The molecule has 1 unspecified atom stereocenters. The second-order valence-corrected chi connectivity index (χ2v) is 5.35. The van der Waals surface area contributed by atoms with E-state index in [1.54, 1.807) is 5.41 Å². The van der Waals surface area contributed by atoms with E-state index in [1.807, 2.05) is 66.7 Å². The molecule has 3 rings (SSSR count). The SMILES string of the molecule is O=S1C=CC(c2ccccc2)=C1c1ccccc1. The van der Waals surface area contributed by atoms with Gasteiger partial charge in [0.05, 0.1) is 15.7 Å². The van der Waals surface area contributed by atoms with Crippen molar-refractivity contribution >= 4 is 21.3 Å². The Labute approximate surface area is 109 Å². The van der Waals surface area contributed by atoms with E-state index in [9.17, 15) is 4.21 Å². The maximum absolute atomic E-state index is 12.1. The molecule has 0 spiro atoms. The molecule has 0 fully saturated rings. The Kier molecular flexibility index (Phi) is 2.95. The van der Waals surface area contributed by atoms with Crippen molar-refractivity contribution in [3.05, 3.63) is 83.3 Å². The van der Waals surface area contributed by atoms with Gasteiger partial charge in [-0.2, -0.15) is 0 Å². The lowest BCUT2D eigenvalue weighted by molar-refractivity contribution is 0.694. The Bertz CT molecular complexity index is 598. The average Bonchev–Trinajstić information content (AvgIpc) is 2.83. The molecule has 2 heteroatoms. The van der Waals surface area contributed by atoms with Crippen LogP contribution < -0.4 is 0 Å². The Balaban J connectivity index is 2.18. The molecule has 0 bridgehead atoms. The largest absolute Gasteiger partial charge is 0.250 e. The molecule has 0 aliphatic carbocycles. The predicted molar refractivity (Wildman–Crippen MR) is 77.0 cm³/mol. The van der Waals surface area contributed by atoms with Crippen molar-refractivity contribution in [2.75, 3.05) is 0 Å². The maximum Gasteiger partial charge on any atom is 0.0788 e. The van der Waals surface area contributed by atoms with Crippen LogP contribution in [0, 0.1) is 0 Å². The summed E-state index contributed by atoms with van der Waals surface area (Å²) >= 11 is 0. The third kappa shape index (κ3) is 1.95. The topological polar surface area (TPSA) is 17.1 Å². The van der Waals surface area contributed by atoms with Crippen LogP contribution in [0.3, 0.4) is 0 Å². The molecule has 18 heavy (non-hydrogen) atoms. The molecule has 1 nitrogen and oxygen atoms in total. The van der Waals surface area contributed by atoms with Crippen LogP contribution in [0.5, 0.6) is 0 Å². The molecule has 0 radical (unpaired) electrons. The summed E-state index contributed by atoms with van der Waals surface area (Å²) in [6.45, 7) is 0. The molecular formula is C16H12OS. The van der Waals surface area contributed by atoms with Gasteiger partial charge in [0.2, 0.25) is 0 Å². The predicted octanol–water partition coefficient (Wildman–Crippen LogP) is 3.83. The zero-order valence-corrected chi connectivity index (χ0v) is 10.6. The first-order chi connectivity index (χ1) is 8.86. The van der Waals surface area contributed by atoms with E-state index in [0.717, 1.165) is 21.6 Å². The van der Waals surface area contributed by atoms with Gasteiger partial charge in [-0.1, -0.05) is 60.7 Å². The van der Waals surface area contributed by atoms with Crippen LogP contribution in [0.15, 0.2) is 72.1 Å². The monoisotopic (exact) mass is 252 g/mol. The lowest BCUT2D eigenvalue weighted by Crippen LogP contribution is -1.90. The minimum Gasteiger partial charge on any atom is -0.250 e. The third-order valence-corrected chi connectivity index (χ3v) is 4.17. The highest BCUT2D eigenvalue weighted by Gasteiger charge is 2.18. The van der Waals surface area contributed by atoms with E-state index in [2.05, 4.69) is 0 Å². The normalized spacial score (nSPS) is 18.3. The number of benzene rings is 2. The van der Waals surface area contributed by atoms with Gasteiger partial charge >= 0.3 is 0 Å². The van der Waals surface area contributed by atoms with Gasteiger partial charge in [0.25, 0.3) is 0 Å². The highest BCUT2D eigenvalue weighted by Crippen LogP contribution is 2.35. The molecule has 1 aliphatic rings. The summed E-state index contributed by atoms with van der Waals surface area (Å²) in [5, 5.41) is 1.75. The Morgan fingerprint density at radius 1 is 0.722 bits per heavy atom. The van der Waals surface area contributed by atoms with Gasteiger partial charge in [-0.15, -0.1) is 0 Å². The maximum atomic E-state index is 12.1. The van der Waals surface area contributed by atoms with Crippen LogP contribution >= 0.6 is 0 Å². The van der Waals surface area contributed by atoms with E-state index < -0.39 is 10.8 Å². The summed E-state index contributed by atoms with van der Waals surface area (Å²) < 4.78 is 12.1. The standard InChI is InChI=1S/C16H12OS/c17-18-12-11-15(13-7-3-1-4-8-13)16(18)14-9-5-2-6-10-14/h1-12H. The fourth-order valence-corrected chi connectivity index (χ4v) is 3.25. The van der Waals surface area contributed by atoms with Crippen LogP contribution in [0.25, 0.3) is 10.5 Å². The van der Waals surface area contributed by atoms with Gasteiger partial charge in [-0.25, -0.2) is 4.21 Å². The molecule has 88 valence electrons. The van der Waals surface area contributed by atoms with Gasteiger partial charge in [0.1, 0.15) is 0 Å². The fraction of sp³-hybridized carbons (Fsp3) is 0. The van der Waals surface area contributed by atoms with Gasteiger partial charge in [0.15, 0.2) is 0 Å². The van der Waals surface area contributed by atoms with E-state index in [1.165, 1.54) is 0 Å². The van der Waals surface area contributed by atoms with Crippen molar-refractivity contribution in [1.29, 1.82) is 0 Å². The average molecular weight is 252 g/mol. The summed E-state index contributed by atoms with van der Waals surface area (Å²) in [6.07, 6.45) is 1.95. The summed E-state index contributed by atoms with van der Waals surface area (Å²) in [4.78, 5) is 0.904. The van der Waals surface area contributed by atoms with Gasteiger partial charge in [0, 0.05) is 5.41 Å². The Morgan fingerprint density at radius 2 is 1.28 bits per heavy atom. The Hall–Kier alpha value is -1.93. The Morgan fingerprint density at radius 3 is 1.89 bits per heavy atom. The van der Waals surface area contributed by atoms with Crippen LogP contribution in [-0.2, 0) is 10.8 Å². The summed E-state index contributed by atoms with van der Waals surface area (Å²) in [5.74, 6) is 0. The van der Waals surface area contributed by atoms with Gasteiger partial charge < -0.3 is 0 Å². The van der Waals surface area contributed by atoms with Crippen molar-refractivity contribution in [2.24, 2.45) is 0 Å². The highest BCUT2D eigenvalue weighted by atomic mass is 32.2. The van der Waals surface area contributed by atoms with E-state index in [0.29, 0.717) is 0 Å². The van der Waals surface area contributed by atoms with Crippen molar-refractivity contribution in [3.8, 4) is 0 Å². The molecule has 2 aromatic rings. The van der Waals surface area contributed by atoms with Gasteiger partial charge in [-0.3, -0.25) is 0 Å². The van der Waals surface area contributed by atoms with E-state index in [-0.39, 0.29) is 0 Å². The number of hydrogen-bond acceptors (Lipinski definition) is 1. The van der Waals surface area contributed by atoms with Crippen molar-refractivity contribution < 1.29 is 4.21 Å².